The number of piperidine rings is 1. The summed E-state index contributed by atoms with van der Waals surface area (Å²) in [5.74, 6) is 0.331. The van der Waals surface area contributed by atoms with Crippen LogP contribution in [0.15, 0.2) is 51.7 Å². The fraction of sp³-hybridized carbons (Fsp3) is 0.350. The molecule has 1 aromatic heterocycles. The summed E-state index contributed by atoms with van der Waals surface area (Å²) in [6.07, 6.45) is 1.96. The minimum Gasteiger partial charge on any atom is -0.504 e. The van der Waals surface area contributed by atoms with Crippen molar-refractivity contribution in [3.8, 4) is 11.5 Å². The molecule has 1 aliphatic rings. The first-order valence-electron chi connectivity index (χ1n) is 8.84. The van der Waals surface area contributed by atoms with Gasteiger partial charge in [0.15, 0.2) is 17.1 Å². The maximum atomic E-state index is 12.3. The average molecular weight is 354 g/mol. The SMILES string of the molecule is COc1ccc(CN2CCCC(n3c(=O)oc4ccccc43)C2)cc1O. The maximum Gasteiger partial charge on any atom is 0.420 e. The molecule has 0 radical (unpaired) electrons. The number of benzene rings is 2. The summed E-state index contributed by atoms with van der Waals surface area (Å²) in [5, 5.41) is 9.98. The third-order valence-electron chi connectivity index (χ3n) is 5.01. The molecule has 1 N–H and O–H groups in total. The molecule has 136 valence electrons. The number of hydrogen-bond donors (Lipinski definition) is 1. The lowest BCUT2D eigenvalue weighted by Crippen LogP contribution is -2.38. The Morgan fingerprint density at radius 3 is 2.92 bits per heavy atom. The lowest BCUT2D eigenvalue weighted by atomic mass is 10.0. The van der Waals surface area contributed by atoms with Crippen molar-refractivity contribution in [2.75, 3.05) is 20.2 Å². The number of aromatic nitrogens is 1. The highest BCUT2D eigenvalue weighted by atomic mass is 16.5. The molecule has 1 fully saturated rings. The van der Waals surface area contributed by atoms with E-state index in [2.05, 4.69) is 4.90 Å². The van der Waals surface area contributed by atoms with Crippen LogP contribution in [0.1, 0.15) is 24.4 Å². The molecular formula is C20H22N2O4. The van der Waals surface area contributed by atoms with Crippen LogP contribution in [0.4, 0.5) is 0 Å². The number of fused-ring (bicyclic) bond motifs is 1. The molecule has 1 atom stereocenters. The smallest absolute Gasteiger partial charge is 0.420 e. The van der Waals surface area contributed by atoms with Gasteiger partial charge in [0.1, 0.15) is 0 Å². The van der Waals surface area contributed by atoms with E-state index in [1.165, 1.54) is 7.11 Å². The topological polar surface area (TPSA) is 67.8 Å². The zero-order valence-corrected chi connectivity index (χ0v) is 14.7. The van der Waals surface area contributed by atoms with Gasteiger partial charge in [-0.2, -0.15) is 0 Å². The van der Waals surface area contributed by atoms with E-state index in [4.69, 9.17) is 9.15 Å². The first-order valence-corrected chi connectivity index (χ1v) is 8.84. The Kier molecular flexibility index (Phi) is 4.42. The Balaban J connectivity index is 1.55. The van der Waals surface area contributed by atoms with Gasteiger partial charge in [0.05, 0.1) is 18.7 Å². The van der Waals surface area contributed by atoms with E-state index in [1.54, 1.807) is 16.7 Å². The number of para-hydroxylation sites is 2. The minimum atomic E-state index is -0.292. The third-order valence-corrected chi connectivity index (χ3v) is 5.01. The predicted molar refractivity (Wildman–Crippen MR) is 98.7 cm³/mol. The monoisotopic (exact) mass is 354 g/mol. The van der Waals surface area contributed by atoms with Crippen molar-refractivity contribution < 1.29 is 14.3 Å². The summed E-state index contributed by atoms with van der Waals surface area (Å²) in [7, 11) is 1.54. The van der Waals surface area contributed by atoms with Crippen LogP contribution < -0.4 is 10.5 Å². The van der Waals surface area contributed by atoms with E-state index >= 15 is 0 Å². The summed E-state index contributed by atoms with van der Waals surface area (Å²) in [6, 6.07) is 13.1. The fourth-order valence-corrected chi connectivity index (χ4v) is 3.81. The Bertz CT molecular complexity index is 975. The molecular weight excluding hydrogens is 332 g/mol. The molecule has 3 aromatic rings. The Labute approximate surface area is 151 Å². The second-order valence-electron chi connectivity index (χ2n) is 6.74. The molecule has 1 saturated heterocycles. The Hall–Kier alpha value is -2.73. The standard InChI is InChI=1S/C20H22N2O4/c1-25-19-9-8-14(11-17(19)23)12-21-10-4-5-15(13-21)22-16-6-2-3-7-18(16)26-20(22)24/h2-3,6-9,11,15,23H,4-5,10,12-13H2,1H3. The molecule has 6 heteroatoms. The summed E-state index contributed by atoms with van der Waals surface area (Å²) in [6.45, 7) is 2.46. The summed E-state index contributed by atoms with van der Waals surface area (Å²) in [4.78, 5) is 14.7. The normalized spacial score (nSPS) is 18.3. The number of ether oxygens (including phenoxy) is 1. The molecule has 0 bridgehead atoms. The average Bonchev–Trinajstić information content (AvgIpc) is 2.98. The highest BCUT2D eigenvalue weighted by molar-refractivity contribution is 5.72. The molecule has 6 nitrogen and oxygen atoms in total. The minimum absolute atomic E-state index is 0.0896. The number of rotatable bonds is 4. The number of methoxy groups -OCH3 is 1. The zero-order chi connectivity index (χ0) is 18.1. The molecule has 0 saturated carbocycles. The second kappa shape index (κ2) is 6.88. The second-order valence-corrected chi connectivity index (χ2v) is 6.74. The number of nitrogens with zero attached hydrogens (tertiary/aromatic N) is 2. The van der Waals surface area contributed by atoms with E-state index in [0.717, 1.165) is 43.6 Å². The van der Waals surface area contributed by atoms with Crippen molar-refractivity contribution in [3.63, 3.8) is 0 Å². The van der Waals surface area contributed by atoms with E-state index < -0.39 is 0 Å². The number of aromatic hydroxyl groups is 1. The van der Waals surface area contributed by atoms with Gasteiger partial charge >= 0.3 is 5.76 Å². The first kappa shape index (κ1) is 16.7. The van der Waals surface area contributed by atoms with Crippen LogP contribution in [-0.4, -0.2) is 34.8 Å². The third kappa shape index (κ3) is 3.08. The predicted octanol–water partition coefficient (Wildman–Crippen LogP) is 3.15. The number of oxazole rings is 1. The van der Waals surface area contributed by atoms with Crippen molar-refractivity contribution in [2.24, 2.45) is 0 Å². The van der Waals surface area contributed by atoms with Crippen molar-refractivity contribution in [1.82, 2.24) is 9.47 Å². The molecule has 1 unspecified atom stereocenters. The van der Waals surface area contributed by atoms with Gasteiger partial charge in [0, 0.05) is 13.1 Å². The van der Waals surface area contributed by atoms with E-state index in [9.17, 15) is 9.90 Å². The first-order chi connectivity index (χ1) is 12.7. The van der Waals surface area contributed by atoms with Crippen molar-refractivity contribution in [3.05, 3.63) is 58.6 Å². The van der Waals surface area contributed by atoms with Crippen LogP contribution in [0.25, 0.3) is 11.1 Å². The molecule has 0 amide bonds. The number of phenols is 1. The van der Waals surface area contributed by atoms with Crippen LogP contribution in [0.5, 0.6) is 11.5 Å². The molecule has 2 aromatic carbocycles. The van der Waals surface area contributed by atoms with E-state index in [0.29, 0.717) is 11.3 Å². The van der Waals surface area contributed by atoms with Gasteiger partial charge in [-0.25, -0.2) is 4.79 Å². The molecule has 2 heterocycles. The lowest BCUT2D eigenvalue weighted by Gasteiger charge is -2.33. The van der Waals surface area contributed by atoms with Gasteiger partial charge in [0.25, 0.3) is 0 Å². The summed E-state index contributed by atoms with van der Waals surface area (Å²) in [5.41, 5.74) is 2.51. The highest BCUT2D eigenvalue weighted by Crippen LogP contribution is 2.29. The van der Waals surface area contributed by atoms with Gasteiger partial charge in [0.2, 0.25) is 0 Å². The van der Waals surface area contributed by atoms with Gasteiger partial charge in [-0.1, -0.05) is 18.2 Å². The molecule has 0 aliphatic carbocycles. The molecule has 0 spiro atoms. The maximum absolute atomic E-state index is 12.3. The van der Waals surface area contributed by atoms with Crippen molar-refractivity contribution >= 4 is 11.1 Å². The number of phenolic OH excluding ortho intramolecular Hbond substituents is 1. The fourth-order valence-electron chi connectivity index (χ4n) is 3.81. The van der Waals surface area contributed by atoms with Crippen molar-refractivity contribution in [1.29, 1.82) is 0 Å². The molecule has 26 heavy (non-hydrogen) atoms. The molecule has 1 aliphatic heterocycles. The number of hydrogen-bond acceptors (Lipinski definition) is 5. The van der Waals surface area contributed by atoms with Crippen LogP contribution in [0.3, 0.4) is 0 Å². The lowest BCUT2D eigenvalue weighted by molar-refractivity contribution is 0.167. The highest BCUT2D eigenvalue weighted by Gasteiger charge is 2.25. The van der Waals surface area contributed by atoms with Crippen LogP contribution in [-0.2, 0) is 6.54 Å². The van der Waals surface area contributed by atoms with Crippen LogP contribution >= 0.6 is 0 Å². The zero-order valence-electron chi connectivity index (χ0n) is 14.7. The summed E-state index contributed by atoms with van der Waals surface area (Å²) < 4.78 is 12.3. The quantitative estimate of drug-likeness (QED) is 0.780. The largest absolute Gasteiger partial charge is 0.504 e. The Morgan fingerprint density at radius 2 is 2.12 bits per heavy atom. The Morgan fingerprint density at radius 1 is 1.27 bits per heavy atom. The van der Waals surface area contributed by atoms with Crippen molar-refractivity contribution in [2.45, 2.75) is 25.4 Å². The van der Waals surface area contributed by atoms with Gasteiger partial charge in [-0.05, 0) is 49.2 Å². The van der Waals surface area contributed by atoms with Crippen LogP contribution in [0, 0.1) is 0 Å². The van der Waals surface area contributed by atoms with Gasteiger partial charge in [-0.3, -0.25) is 9.47 Å². The van der Waals surface area contributed by atoms with E-state index in [-0.39, 0.29) is 17.5 Å². The number of likely N-dealkylation sites (tertiary alicyclic amines) is 1. The summed E-state index contributed by atoms with van der Waals surface area (Å²) >= 11 is 0. The van der Waals surface area contributed by atoms with E-state index in [1.807, 2.05) is 30.3 Å². The molecule has 4 rings (SSSR count). The van der Waals surface area contributed by atoms with Crippen LogP contribution in [0.2, 0.25) is 0 Å². The van der Waals surface area contributed by atoms with Gasteiger partial charge < -0.3 is 14.3 Å². The van der Waals surface area contributed by atoms with Gasteiger partial charge in [-0.15, -0.1) is 0 Å².